The van der Waals surface area contributed by atoms with E-state index < -0.39 is 0 Å². The molecule has 2 aromatic rings. The highest BCUT2D eigenvalue weighted by Crippen LogP contribution is 2.34. The summed E-state index contributed by atoms with van der Waals surface area (Å²) in [5.41, 5.74) is 2.31. The van der Waals surface area contributed by atoms with Crippen molar-refractivity contribution in [1.82, 2.24) is 0 Å². The number of para-hydroxylation sites is 1. The van der Waals surface area contributed by atoms with Crippen LogP contribution >= 0.6 is 15.9 Å². The lowest BCUT2D eigenvalue weighted by Gasteiger charge is -2.12. The van der Waals surface area contributed by atoms with Gasteiger partial charge in [-0.05, 0) is 24.1 Å². The fraction of sp³-hybridized carbons (Fsp3) is 0.250. The van der Waals surface area contributed by atoms with Gasteiger partial charge in [-0.1, -0.05) is 65.7 Å². The standard InChI is InChI=1S/C16H17BrO/c1-2-3-12-18-16-11-7-5-9-14(16)13-8-4-6-10-15(13)17/h4-11H,2-3,12H2,1H3. The molecular formula is C16H17BrO. The molecule has 0 aliphatic heterocycles. The van der Waals surface area contributed by atoms with Gasteiger partial charge in [0.2, 0.25) is 0 Å². The first-order valence-electron chi connectivity index (χ1n) is 6.29. The Morgan fingerprint density at radius 1 is 0.944 bits per heavy atom. The summed E-state index contributed by atoms with van der Waals surface area (Å²) in [5.74, 6) is 0.956. The highest BCUT2D eigenvalue weighted by atomic mass is 79.9. The molecule has 0 unspecified atom stereocenters. The molecule has 0 aromatic heterocycles. The van der Waals surface area contributed by atoms with Gasteiger partial charge in [0, 0.05) is 10.0 Å². The molecule has 2 heteroatoms. The molecule has 94 valence electrons. The second-order valence-electron chi connectivity index (χ2n) is 4.18. The van der Waals surface area contributed by atoms with Crippen LogP contribution in [0.25, 0.3) is 11.1 Å². The van der Waals surface area contributed by atoms with Crippen LogP contribution in [0.1, 0.15) is 19.8 Å². The summed E-state index contributed by atoms with van der Waals surface area (Å²) < 4.78 is 6.96. The van der Waals surface area contributed by atoms with Gasteiger partial charge >= 0.3 is 0 Å². The highest BCUT2D eigenvalue weighted by molar-refractivity contribution is 9.10. The van der Waals surface area contributed by atoms with E-state index in [9.17, 15) is 0 Å². The fourth-order valence-electron chi connectivity index (χ4n) is 1.82. The maximum atomic E-state index is 5.87. The van der Waals surface area contributed by atoms with Gasteiger partial charge in [-0.3, -0.25) is 0 Å². The van der Waals surface area contributed by atoms with E-state index >= 15 is 0 Å². The van der Waals surface area contributed by atoms with Crippen LogP contribution in [0.5, 0.6) is 5.75 Å². The van der Waals surface area contributed by atoms with Crippen molar-refractivity contribution in [1.29, 1.82) is 0 Å². The van der Waals surface area contributed by atoms with Gasteiger partial charge in [-0.25, -0.2) is 0 Å². The molecule has 18 heavy (non-hydrogen) atoms. The zero-order chi connectivity index (χ0) is 12.8. The maximum absolute atomic E-state index is 5.87. The van der Waals surface area contributed by atoms with E-state index in [-0.39, 0.29) is 0 Å². The molecule has 2 aromatic carbocycles. The van der Waals surface area contributed by atoms with Crippen molar-refractivity contribution in [2.45, 2.75) is 19.8 Å². The van der Waals surface area contributed by atoms with Gasteiger partial charge in [-0.2, -0.15) is 0 Å². The van der Waals surface area contributed by atoms with Gasteiger partial charge in [0.15, 0.2) is 0 Å². The highest BCUT2D eigenvalue weighted by Gasteiger charge is 2.08. The normalized spacial score (nSPS) is 10.3. The van der Waals surface area contributed by atoms with Crippen molar-refractivity contribution in [3.05, 3.63) is 53.0 Å². The molecule has 0 saturated heterocycles. The van der Waals surface area contributed by atoms with Crippen LogP contribution in [0.15, 0.2) is 53.0 Å². The van der Waals surface area contributed by atoms with Gasteiger partial charge in [-0.15, -0.1) is 0 Å². The van der Waals surface area contributed by atoms with Crippen LogP contribution in [0.2, 0.25) is 0 Å². The quantitative estimate of drug-likeness (QED) is 0.682. The fourth-order valence-corrected chi connectivity index (χ4v) is 2.32. The number of halogens is 1. The zero-order valence-corrected chi connectivity index (χ0v) is 12.1. The largest absolute Gasteiger partial charge is 0.493 e. The Bertz CT molecular complexity index is 508. The van der Waals surface area contributed by atoms with E-state index in [0.29, 0.717) is 0 Å². The first-order chi connectivity index (χ1) is 8.83. The summed E-state index contributed by atoms with van der Waals surface area (Å²) in [6.45, 7) is 2.95. The first-order valence-corrected chi connectivity index (χ1v) is 7.09. The Morgan fingerprint density at radius 3 is 2.33 bits per heavy atom. The van der Waals surface area contributed by atoms with Gasteiger partial charge in [0.1, 0.15) is 5.75 Å². The maximum Gasteiger partial charge on any atom is 0.127 e. The molecule has 1 nitrogen and oxygen atoms in total. The third kappa shape index (κ3) is 3.14. The van der Waals surface area contributed by atoms with Crippen LogP contribution < -0.4 is 4.74 Å². The Morgan fingerprint density at radius 2 is 1.61 bits per heavy atom. The Balaban J connectivity index is 2.30. The summed E-state index contributed by atoms with van der Waals surface area (Å²) in [7, 11) is 0. The van der Waals surface area contributed by atoms with Crippen LogP contribution in [0.3, 0.4) is 0 Å². The van der Waals surface area contributed by atoms with Crippen molar-refractivity contribution in [2.75, 3.05) is 6.61 Å². The van der Waals surface area contributed by atoms with E-state index in [1.807, 2.05) is 30.3 Å². The van der Waals surface area contributed by atoms with Crippen LogP contribution in [-0.4, -0.2) is 6.61 Å². The van der Waals surface area contributed by atoms with Crippen molar-refractivity contribution >= 4 is 15.9 Å². The van der Waals surface area contributed by atoms with Gasteiger partial charge in [0.05, 0.1) is 6.61 Å². The van der Waals surface area contributed by atoms with E-state index in [1.165, 1.54) is 5.56 Å². The molecule has 0 aliphatic rings. The SMILES string of the molecule is CCCCOc1ccccc1-c1ccccc1Br. The van der Waals surface area contributed by atoms with E-state index in [0.717, 1.165) is 35.2 Å². The van der Waals surface area contributed by atoms with Crippen LogP contribution in [0, 0.1) is 0 Å². The summed E-state index contributed by atoms with van der Waals surface area (Å²) in [5, 5.41) is 0. The van der Waals surface area contributed by atoms with Gasteiger partial charge in [0.25, 0.3) is 0 Å². The Kier molecular flexibility index (Phi) is 4.82. The number of benzene rings is 2. The molecule has 2 rings (SSSR count). The topological polar surface area (TPSA) is 9.23 Å². The average Bonchev–Trinajstić information content (AvgIpc) is 2.40. The number of hydrogen-bond donors (Lipinski definition) is 0. The third-order valence-corrected chi connectivity index (χ3v) is 3.50. The lowest BCUT2D eigenvalue weighted by molar-refractivity contribution is 0.310. The summed E-state index contributed by atoms with van der Waals surface area (Å²) >= 11 is 3.59. The van der Waals surface area contributed by atoms with E-state index in [4.69, 9.17) is 4.74 Å². The predicted molar refractivity (Wildman–Crippen MR) is 80.0 cm³/mol. The number of ether oxygens (including phenoxy) is 1. The predicted octanol–water partition coefficient (Wildman–Crippen LogP) is 5.30. The van der Waals surface area contributed by atoms with Crippen molar-refractivity contribution in [3.8, 4) is 16.9 Å². The Labute approximate surface area is 117 Å². The molecule has 0 N–H and O–H groups in total. The first kappa shape index (κ1) is 13.2. The zero-order valence-electron chi connectivity index (χ0n) is 10.5. The number of unbranched alkanes of at least 4 members (excludes halogenated alkanes) is 1. The Hall–Kier alpha value is -1.28. The van der Waals surface area contributed by atoms with Gasteiger partial charge < -0.3 is 4.74 Å². The molecule has 0 heterocycles. The molecule has 0 amide bonds. The lowest BCUT2D eigenvalue weighted by Crippen LogP contribution is -1.98. The third-order valence-electron chi connectivity index (χ3n) is 2.81. The molecule has 0 fully saturated rings. The van der Waals surface area contributed by atoms with Crippen molar-refractivity contribution < 1.29 is 4.74 Å². The summed E-state index contributed by atoms with van der Waals surface area (Å²) in [6, 6.07) is 16.4. The average molecular weight is 305 g/mol. The molecule has 0 radical (unpaired) electrons. The summed E-state index contributed by atoms with van der Waals surface area (Å²) in [6.07, 6.45) is 2.24. The summed E-state index contributed by atoms with van der Waals surface area (Å²) in [4.78, 5) is 0. The molecule has 0 bridgehead atoms. The van der Waals surface area contributed by atoms with E-state index in [1.54, 1.807) is 0 Å². The minimum absolute atomic E-state index is 0.776. The molecule has 0 saturated carbocycles. The minimum atomic E-state index is 0.776. The smallest absolute Gasteiger partial charge is 0.127 e. The molecule has 0 spiro atoms. The van der Waals surface area contributed by atoms with Crippen molar-refractivity contribution in [3.63, 3.8) is 0 Å². The second kappa shape index (κ2) is 6.60. The number of hydrogen-bond acceptors (Lipinski definition) is 1. The molecule has 0 aliphatic carbocycles. The molecule has 0 atom stereocenters. The lowest BCUT2D eigenvalue weighted by atomic mass is 10.0. The minimum Gasteiger partial charge on any atom is -0.493 e. The monoisotopic (exact) mass is 304 g/mol. The van der Waals surface area contributed by atoms with Crippen LogP contribution in [-0.2, 0) is 0 Å². The molecular weight excluding hydrogens is 288 g/mol. The van der Waals surface area contributed by atoms with Crippen molar-refractivity contribution in [2.24, 2.45) is 0 Å². The van der Waals surface area contributed by atoms with E-state index in [2.05, 4.69) is 41.1 Å². The number of rotatable bonds is 5. The second-order valence-corrected chi connectivity index (χ2v) is 5.03. The van der Waals surface area contributed by atoms with Crippen LogP contribution in [0.4, 0.5) is 0 Å².